The van der Waals surface area contributed by atoms with Crippen molar-refractivity contribution in [2.24, 2.45) is 0 Å². The molecular weight excluding hydrogens is 200 g/mol. The molecule has 90 valence electrons. The molecular formula is C14H22O2. The Morgan fingerprint density at radius 3 is 2.12 bits per heavy atom. The van der Waals surface area contributed by atoms with Crippen molar-refractivity contribution in [2.45, 2.75) is 46.1 Å². The van der Waals surface area contributed by atoms with Gasteiger partial charge in [0.25, 0.3) is 0 Å². The van der Waals surface area contributed by atoms with Crippen molar-refractivity contribution in [1.29, 1.82) is 0 Å². The Balaban J connectivity index is 3.02. The molecule has 0 spiro atoms. The highest BCUT2D eigenvalue weighted by molar-refractivity contribution is 5.44. The lowest BCUT2D eigenvalue weighted by atomic mass is 10.0. The molecule has 0 heterocycles. The maximum atomic E-state index is 5.83. The van der Waals surface area contributed by atoms with Crippen molar-refractivity contribution < 1.29 is 9.47 Å². The molecule has 0 unspecified atom stereocenters. The summed E-state index contributed by atoms with van der Waals surface area (Å²) >= 11 is 0. The quantitative estimate of drug-likeness (QED) is 0.769. The van der Waals surface area contributed by atoms with Gasteiger partial charge in [-0.1, -0.05) is 19.9 Å². The van der Waals surface area contributed by atoms with Gasteiger partial charge in [0.05, 0.1) is 7.11 Å². The third-order valence-electron chi connectivity index (χ3n) is 2.27. The molecule has 0 amide bonds. The Kier molecular flexibility index (Phi) is 3.84. The van der Waals surface area contributed by atoms with Crippen LogP contribution in [-0.4, -0.2) is 12.7 Å². The largest absolute Gasteiger partial charge is 0.493 e. The fraction of sp³-hybridized carbons (Fsp3) is 0.571. The maximum absolute atomic E-state index is 5.83. The minimum absolute atomic E-state index is 0.202. The van der Waals surface area contributed by atoms with Crippen LogP contribution in [0, 0.1) is 0 Å². The first-order chi connectivity index (χ1) is 7.33. The summed E-state index contributed by atoms with van der Waals surface area (Å²) in [6.07, 6.45) is 0. The zero-order chi connectivity index (χ0) is 12.3. The van der Waals surface area contributed by atoms with Crippen LogP contribution in [0.5, 0.6) is 11.5 Å². The van der Waals surface area contributed by atoms with Gasteiger partial charge in [-0.05, 0) is 44.4 Å². The van der Waals surface area contributed by atoms with E-state index in [9.17, 15) is 0 Å². The first-order valence-electron chi connectivity index (χ1n) is 5.70. The molecule has 0 aliphatic carbocycles. The summed E-state index contributed by atoms with van der Waals surface area (Å²) in [7, 11) is 1.68. The van der Waals surface area contributed by atoms with E-state index < -0.39 is 0 Å². The van der Waals surface area contributed by atoms with E-state index >= 15 is 0 Å². The lowest BCUT2D eigenvalue weighted by Gasteiger charge is -2.23. The summed E-state index contributed by atoms with van der Waals surface area (Å²) in [6, 6.07) is 6.12. The summed E-state index contributed by atoms with van der Waals surface area (Å²) < 4.78 is 11.2. The van der Waals surface area contributed by atoms with Crippen LogP contribution in [0.3, 0.4) is 0 Å². The second-order valence-corrected chi connectivity index (χ2v) is 5.28. The van der Waals surface area contributed by atoms with Crippen LogP contribution < -0.4 is 9.47 Å². The minimum Gasteiger partial charge on any atom is -0.493 e. The number of ether oxygens (including phenoxy) is 2. The molecule has 0 N–H and O–H groups in total. The topological polar surface area (TPSA) is 18.5 Å². The van der Waals surface area contributed by atoms with Crippen molar-refractivity contribution in [3.05, 3.63) is 23.8 Å². The third kappa shape index (κ3) is 3.44. The lowest BCUT2D eigenvalue weighted by Crippen LogP contribution is -2.23. The van der Waals surface area contributed by atoms with Gasteiger partial charge in [0.1, 0.15) is 5.60 Å². The zero-order valence-electron chi connectivity index (χ0n) is 11.1. The molecule has 0 radical (unpaired) electrons. The van der Waals surface area contributed by atoms with Gasteiger partial charge >= 0.3 is 0 Å². The molecule has 0 fully saturated rings. The Hall–Kier alpha value is -1.18. The smallest absolute Gasteiger partial charge is 0.161 e. The third-order valence-corrected chi connectivity index (χ3v) is 2.27. The fourth-order valence-electron chi connectivity index (χ4n) is 1.46. The molecule has 0 aromatic heterocycles. The molecule has 1 aromatic carbocycles. The van der Waals surface area contributed by atoms with E-state index in [1.165, 1.54) is 5.56 Å². The van der Waals surface area contributed by atoms with Crippen LogP contribution in [-0.2, 0) is 0 Å². The molecule has 16 heavy (non-hydrogen) atoms. The summed E-state index contributed by atoms with van der Waals surface area (Å²) in [5, 5.41) is 0. The van der Waals surface area contributed by atoms with E-state index in [0.29, 0.717) is 5.92 Å². The van der Waals surface area contributed by atoms with Crippen molar-refractivity contribution >= 4 is 0 Å². The van der Waals surface area contributed by atoms with Crippen LogP contribution in [0.1, 0.15) is 46.1 Å². The van der Waals surface area contributed by atoms with E-state index in [0.717, 1.165) is 11.5 Å². The van der Waals surface area contributed by atoms with Gasteiger partial charge in [0.2, 0.25) is 0 Å². The Morgan fingerprint density at radius 1 is 1.06 bits per heavy atom. The fourth-order valence-corrected chi connectivity index (χ4v) is 1.46. The number of methoxy groups -OCH3 is 1. The number of hydrogen-bond donors (Lipinski definition) is 0. The van der Waals surface area contributed by atoms with E-state index in [-0.39, 0.29) is 5.60 Å². The first-order valence-corrected chi connectivity index (χ1v) is 5.70. The molecule has 2 heteroatoms. The van der Waals surface area contributed by atoms with Gasteiger partial charge in [-0.25, -0.2) is 0 Å². The van der Waals surface area contributed by atoms with Crippen LogP contribution in [0.4, 0.5) is 0 Å². The van der Waals surface area contributed by atoms with Gasteiger partial charge in [-0.15, -0.1) is 0 Å². The number of rotatable bonds is 3. The summed E-state index contributed by atoms with van der Waals surface area (Å²) in [5.41, 5.74) is 1.06. The number of benzene rings is 1. The Labute approximate surface area is 98.6 Å². The van der Waals surface area contributed by atoms with Gasteiger partial charge < -0.3 is 9.47 Å². The van der Waals surface area contributed by atoms with Crippen LogP contribution in [0.15, 0.2) is 18.2 Å². The Bertz CT molecular complexity index is 348. The van der Waals surface area contributed by atoms with E-state index in [1.807, 2.05) is 32.9 Å². The van der Waals surface area contributed by atoms with Crippen LogP contribution in [0.2, 0.25) is 0 Å². The summed E-state index contributed by atoms with van der Waals surface area (Å²) in [4.78, 5) is 0. The van der Waals surface area contributed by atoms with Crippen LogP contribution >= 0.6 is 0 Å². The van der Waals surface area contributed by atoms with Crippen molar-refractivity contribution in [2.75, 3.05) is 7.11 Å². The predicted octanol–water partition coefficient (Wildman–Crippen LogP) is 4.00. The SMILES string of the molecule is COc1cc(C(C)C)ccc1OC(C)(C)C. The van der Waals surface area contributed by atoms with Crippen molar-refractivity contribution in [3.8, 4) is 11.5 Å². The Morgan fingerprint density at radius 2 is 1.69 bits per heavy atom. The normalized spacial score (nSPS) is 11.7. The molecule has 0 saturated heterocycles. The van der Waals surface area contributed by atoms with Crippen molar-refractivity contribution in [1.82, 2.24) is 0 Å². The highest BCUT2D eigenvalue weighted by atomic mass is 16.5. The molecule has 0 saturated carbocycles. The van der Waals surface area contributed by atoms with E-state index in [1.54, 1.807) is 7.11 Å². The van der Waals surface area contributed by atoms with Gasteiger partial charge in [0, 0.05) is 0 Å². The minimum atomic E-state index is -0.202. The van der Waals surface area contributed by atoms with Gasteiger partial charge in [-0.3, -0.25) is 0 Å². The molecule has 0 aliphatic rings. The summed E-state index contributed by atoms with van der Waals surface area (Å²) in [5.74, 6) is 2.11. The molecule has 0 atom stereocenters. The highest BCUT2D eigenvalue weighted by Crippen LogP contribution is 2.32. The second-order valence-electron chi connectivity index (χ2n) is 5.28. The van der Waals surface area contributed by atoms with Gasteiger partial charge in [-0.2, -0.15) is 0 Å². The first kappa shape index (κ1) is 12.9. The number of hydrogen-bond acceptors (Lipinski definition) is 2. The maximum Gasteiger partial charge on any atom is 0.161 e. The molecule has 1 aromatic rings. The van der Waals surface area contributed by atoms with E-state index in [4.69, 9.17) is 9.47 Å². The van der Waals surface area contributed by atoms with E-state index in [2.05, 4.69) is 19.9 Å². The zero-order valence-corrected chi connectivity index (χ0v) is 11.1. The molecule has 2 nitrogen and oxygen atoms in total. The standard InChI is InChI=1S/C14H22O2/c1-10(2)11-7-8-12(13(9-11)15-6)16-14(3,4)5/h7-10H,1-6H3. The van der Waals surface area contributed by atoms with Gasteiger partial charge in [0.15, 0.2) is 11.5 Å². The second kappa shape index (κ2) is 4.77. The molecule has 0 bridgehead atoms. The average molecular weight is 222 g/mol. The molecule has 1 rings (SSSR count). The summed E-state index contributed by atoms with van der Waals surface area (Å²) in [6.45, 7) is 10.4. The lowest BCUT2D eigenvalue weighted by molar-refractivity contribution is 0.125. The predicted molar refractivity (Wildman–Crippen MR) is 67.5 cm³/mol. The molecule has 0 aliphatic heterocycles. The average Bonchev–Trinajstić information content (AvgIpc) is 2.15. The monoisotopic (exact) mass is 222 g/mol. The van der Waals surface area contributed by atoms with Crippen molar-refractivity contribution in [3.63, 3.8) is 0 Å². The van der Waals surface area contributed by atoms with Crippen LogP contribution in [0.25, 0.3) is 0 Å². The highest BCUT2D eigenvalue weighted by Gasteiger charge is 2.15.